The minimum absolute atomic E-state index is 0.0300. The number of aliphatic hydroxyl groups excluding tert-OH is 1. The van der Waals surface area contributed by atoms with Crippen molar-refractivity contribution >= 4 is 11.9 Å². The number of ether oxygens (including phenoxy) is 1. The molecule has 0 aliphatic heterocycles. The second-order valence-corrected chi connectivity index (χ2v) is 17.4. The predicted octanol–water partition coefficient (Wildman–Crippen LogP) is 8.73. The summed E-state index contributed by atoms with van der Waals surface area (Å²) in [6, 6.07) is 0. The maximum Gasteiger partial charge on any atom is 0.312 e. The molecule has 5 aliphatic carbocycles. The number of aliphatic carboxylic acids is 1. The molecule has 0 aromatic rings. The minimum Gasteiger partial charge on any atom is -0.481 e. The Morgan fingerprint density at radius 2 is 1.55 bits per heavy atom. The Morgan fingerprint density at radius 3 is 2.26 bits per heavy atom. The molecule has 0 amide bonds. The van der Waals surface area contributed by atoms with Gasteiger partial charge in [0.05, 0.1) is 18.1 Å². The van der Waals surface area contributed by atoms with Crippen LogP contribution < -0.4 is 0 Å². The van der Waals surface area contributed by atoms with Gasteiger partial charge in [-0.25, -0.2) is 0 Å². The fourth-order valence-electron chi connectivity index (χ4n) is 11.6. The van der Waals surface area contributed by atoms with Crippen LogP contribution in [0.25, 0.3) is 0 Å². The SMILES string of the molecule is CC1(C)CC[C@]2(C(=O)OCCCCCCC(=O)O)CC[C@]3(C)C(=CC[C@@H]4[C@@]5(C)CC[C@H](O)C(C)(C)[C@@H]5CC[C@]43C)[C@@H]2C1. The van der Waals surface area contributed by atoms with Crippen molar-refractivity contribution in [2.24, 2.45) is 50.2 Å². The average Bonchev–Trinajstić information content (AvgIpc) is 2.90. The van der Waals surface area contributed by atoms with Gasteiger partial charge in [0.15, 0.2) is 0 Å². The molecule has 0 radical (unpaired) electrons. The van der Waals surface area contributed by atoms with Crippen LogP contribution in [0.15, 0.2) is 11.6 Å². The first-order valence-electron chi connectivity index (χ1n) is 17.3. The highest BCUT2D eigenvalue weighted by Gasteiger charge is 2.69. The van der Waals surface area contributed by atoms with Gasteiger partial charge >= 0.3 is 11.9 Å². The van der Waals surface area contributed by atoms with Gasteiger partial charge in [0, 0.05) is 6.42 Å². The van der Waals surface area contributed by atoms with Crippen LogP contribution in [0.3, 0.4) is 0 Å². The molecule has 0 unspecified atom stereocenters. The van der Waals surface area contributed by atoms with E-state index in [2.05, 4.69) is 54.5 Å². The Bertz CT molecular complexity index is 1090. The van der Waals surface area contributed by atoms with E-state index in [4.69, 9.17) is 9.84 Å². The zero-order valence-corrected chi connectivity index (χ0v) is 27.8. The number of esters is 1. The number of unbranched alkanes of at least 4 members (excludes halogenated alkanes) is 3. The van der Waals surface area contributed by atoms with Gasteiger partial charge in [0.25, 0.3) is 0 Å². The van der Waals surface area contributed by atoms with Gasteiger partial charge in [-0.15, -0.1) is 0 Å². The zero-order valence-electron chi connectivity index (χ0n) is 27.8. The van der Waals surface area contributed by atoms with E-state index in [0.29, 0.717) is 24.9 Å². The maximum atomic E-state index is 14.1. The second-order valence-electron chi connectivity index (χ2n) is 17.4. The summed E-state index contributed by atoms with van der Waals surface area (Å²) in [6.07, 6.45) is 16.4. The van der Waals surface area contributed by atoms with Crippen LogP contribution in [0.4, 0.5) is 0 Å². The lowest BCUT2D eigenvalue weighted by Crippen LogP contribution is -2.65. The van der Waals surface area contributed by atoms with E-state index in [1.54, 1.807) is 5.57 Å². The quantitative estimate of drug-likeness (QED) is 0.169. The molecule has 4 saturated carbocycles. The molecule has 42 heavy (non-hydrogen) atoms. The molecule has 5 rings (SSSR count). The smallest absolute Gasteiger partial charge is 0.312 e. The van der Waals surface area contributed by atoms with E-state index in [-0.39, 0.29) is 51.5 Å². The van der Waals surface area contributed by atoms with Crippen LogP contribution in [0, 0.1) is 50.2 Å². The first-order valence-corrected chi connectivity index (χ1v) is 17.3. The minimum atomic E-state index is -0.739. The fourth-order valence-corrected chi connectivity index (χ4v) is 11.6. The summed E-state index contributed by atoms with van der Waals surface area (Å²) in [7, 11) is 0. The summed E-state index contributed by atoms with van der Waals surface area (Å²) < 4.78 is 6.10. The molecule has 0 bridgehead atoms. The lowest BCUT2D eigenvalue weighted by atomic mass is 9.33. The third kappa shape index (κ3) is 4.91. The van der Waals surface area contributed by atoms with Crippen molar-refractivity contribution in [2.75, 3.05) is 6.61 Å². The van der Waals surface area contributed by atoms with Crippen LogP contribution in [-0.2, 0) is 14.3 Å². The topological polar surface area (TPSA) is 83.8 Å². The van der Waals surface area contributed by atoms with E-state index in [1.165, 1.54) is 12.8 Å². The number of fused-ring (bicyclic) bond motifs is 7. The molecule has 0 saturated heterocycles. The molecule has 8 atom stereocenters. The van der Waals surface area contributed by atoms with Crippen molar-refractivity contribution in [1.29, 1.82) is 0 Å². The summed E-state index contributed by atoms with van der Waals surface area (Å²) in [6.45, 7) is 17.6. The largest absolute Gasteiger partial charge is 0.481 e. The highest BCUT2D eigenvalue weighted by atomic mass is 16.5. The average molecular weight is 585 g/mol. The second kappa shape index (κ2) is 10.9. The summed E-state index contributed by atoms with van der Waals surface area (Å²) in [5.74, 6) is 0.678. The van der Waals surface area contributed by atoms with Gasteiger partial charge in [-0.2, -0.15) is 0 Å². The molecule has 2 N–H and O–H groups in total. The molecule has 0 aromatic carbocycles. The highest BCUT2D eigenvalue weighted by molar-refractivity contribution is 5.78. The lowest BCUT2D eigenvalue weighted by Gasteiger charge is -2.71. The zero-order chi connectivity index (χ0) is 30.8. The Hall–Kier alpha value is -1.36. The van der Waals surface area contributed by atoms with Gasteiger partial charge in [-0.1, -0.05) is 73.0 Å². The molecule has 5 aliphatic rings. The molecular formula is C37H60O5. The maximum absolute atomic E-state index is 14.1. The molecule has 0 heterocycles. The Labute approximate surface area is 255 Å². The van der Waals surface area contributed by atoms with E-state index in [9.17, 15) is 14.7 Å². The number of hydrogen-bond donors (Lipinski definition) is 2. The van der Waals surface area contributed by atoms with Crippen molar-refractivity contribution in [3.63, 3.8) is 0 Å². The summed E-state index contributed by atoms with van der Waals surface area (Å²) in [5.41, 5.74) is 1.82. The molecule has 5 heteroatoms. The van der Waals surface area contributed by atoms with Gasteiger partial charge in [-0.05, 0) is 122 Å². The van der Waals surface area contributed by atoms with Crippen LogP contribution >= 0.6 is 0 Å². The molecule has 0 aromatic heterocycles. The standard InChI is InChI=1S/C37H60O5/c1-32(2)19-21-37(31(41)42-23-11-9-8-10-12-30(39)40)22-20-35(6)25(26(37)24-32)13-14-28-34(5)17-16-29(38)33(3,4)27(34)15-18-36(28,35)7/h13,26-29,38H,8-12,14-24H2,1-7H3,(H,39,40)/t26-,27-,28+,29-,34-,35+,36+,37-/m0/s1. The summed E-state index contributed by atoms with van der Waals surface area (Å²) in [4.78, 5) is 24.9. The van der Waals surface area contributed by atoms with Crippen LogP contribution in [0.2, 0.25) is 0 Å². The molecule has 238 valence electrons. The van der Waals surface area contributed by atoms with Crippen molar-refractivity contribution in [3.05, 3.63) is 11.6 Å². The van der Waals surface area contributed by atoms with Gasteiger partial charge in [0.2, 0.25) is 0 Å². The van der Waals surface area contributed by atoms with Crippen molar-refractivity contribution in [2.45, 2.75) is 151 Å². The highest BCUT2D eigenvalue weighted by Crippen LogP contribution is 2.75. The summed E-state index contributed by atoms with van der Waals surface area (Å²) in [5, 5.41) is 19.9. The summed E-state index contributed by atoms with van der Waals surface area (Å²) >= 11 is 0. The van der Waals surface area contributed by atoms with Gasteiger partial charge < -0.3 is 14.9 Å². The molecule has 4 fully saturated rings. The van der Waals surface area contributed by atoms with Crippen molar-refractivity contribution < 1.29 is 24.5 Å². The van der Waals surface area contributed by atoms with E-state index < -0.39 is 11.4 Å². The number of carbonyl (C=O) groups excluding carboxylic acids is 1. The Kier molecular flexibility index (Phi) is 8.33. The third-order valence-electron chi connectivity index (χ3n) is 14.5. The Morgan fingerprint density at radius 1 is 0.857 bits per heavy atom. The van der Waals surface area contributed by atoms with E-state index in [1.807, 2.05) is 0 Å². The first kappa shape index (κ1) is 32.0. The van der Waals surface area contributed by atoms with Crippen LogP contribution in [-0.4, -0.2) is 34.9 Å². The monoisotopic (exact) mass is 584 g/mol. The molecular weight excluding hydrogens is 524 g/mol. The number of carboxylic acids is 1. The number of allylic oxidation sites excluding steroid dienone is 2. The number of carbonyl (C=O) groups is 2. The van der Waals surface area contributed by atoms with Gasteiger partial charge in [0.1, 0.15) is 0 Å². The van der Waals surface area contributed by atoms with Crippen LogP contribution in [0.5, 0.6) is 0 Å². The van der Waals surface area contributed by atoms with Crippen molar-refractivity contribution in [1.82, 2.24) is 0 Å². The lowest BCUT2D eigenvalue weighted by molar-refractivity contribution is -0.206. The number of aliphatic hydroxyl groups is 1. The number of carboxylic acid groups (broad SMARTS) is 1. The van der Waals surface area contributed by atoms with E-state index >= 15 is 0 Å². The molecule has 5 nitrogen and oxygen atoms in total. The normalized spacial score (nSPS) is 43.6. The van der Waals surface area contributed by atoms with E-state index in [0.717, 1.165) is 70.6 Å². The number of rotatable bonds is 8. The van der Waals surface area contributed by atoms with Crippen molar-refractivity contribution in [3.8, 4) is 0 Å². The third-order valence-corrected chi connectivity index (χ3v) is 14.5. The number of hydrogen-bond acceptors (Lipinski definition) is 4. The van der Waals surface area contributed by atoms with Crippen LogP contribution in [0.1, 0.15) is 145 Å². The molecule has 0 spiro atoms. The predicted molar refractivity (Wildman–Crippen MR) is 167 cm³/mol. The van der Waals surface area contributed by atoms with Gasteiger partial charge in [-0.3, -0.25) is 9.59 Å². The first-order chi connectivity index (χ1) is 19.5. The Balaban J connectivity index is 1.39. The fraction of sp³-hybridized carbons (Fsp3) is 0.892.